The molecule has 2 unspecified atom stereocenters. The summed E-state index contributed by atoms with van der Waals surface area (Å²) in [5.41, 5.74) is 2.22. The van der Waals surface area contributed by atoms with Crippen molar-refractivity contribution in [3.63, 3.8) is 0 Å². The highest BCUT2D eigenvalue weighted by Gasteiger charge is 2.22. The molecule has 1 heterocycles. The van der Waals surface area contributed by atoms with Gasteiger partial charge in [0.1, 0.15) is 0 Å². The third-order valence-electron chi connectivity index (χ3n) is 3.71. The first-order chi connectivity index (χ1) is 8.83. The van der Waals surface area contributed by atoms with Crippen LogP contribution in [0.4, 0.5) is 5.69 Å². The topological polar surface area (TPSA) is 24.9 Å². The van der Waals surface area contributed by atoms with E-state index in [-0.39, 0.29) is 0 Å². The van der Waals surface area contributed by atoms with Gasteiger partial charge in [-0.25, -0.2) is 0 Å². The quantitative estimate of drug-likeness (QED) is 0.842. The lowest BCUT2D eigenvalue weighted by Crippen LogP contribution is -2.12. The summed E-state index contributed by atoms with van der Waals surface area (Å²) in [4.78, 5) is 4.37. The number of nitrogens with one attached hydrogen (secondary N) is 1. The molecule has 3 heteroatoms. The van der Waals surface area contributed by atoms with Crippen LogP contribution in [-0.4, -0.2) is 16.9 Å². The van der Waals surface area contributed by atoms with Crippen molar-refractivity contribution in [2.24, 2.45) is 5.92 Å². The number of pyridine rings is 1. The van der Waals surface area contributed by atoms with Gasteiger partial charge < -0.3 is 5.32 Å². The lowest BCUT2D eigenvalue weighted by molar-refractivity contribution is 0.581. The van der Waals surface area contributed by atoms with E-state index in [9.17, 15) is 0 Å². The minimum absolute atomic E-state index is 0.381. The normalized spacial score (nSPS) is 23.4. The van der Waals surface area contributed by atoms with Gasteiger partial charge in [-0.1, -0.05) is 18.2 Å². The number of alkyl halides is 1. The molecule has 1 saturated carbocycles. The molecule has 0 amide bonds. The highest BCUT2D eigenvalue weighted by molar-refractivity contribution is 6.20. The third kappa shape index (κ3) is 2.44. The van der Waals surface area contributed by atoms with Gasteiger partial charge in [0, 0.05) is 29.2 Å². The molecule has 1 aliphatic carbocycles. The molecule has 94 valence electrons. The summed E-state index contributed by atoms with van der Waals surface area (Å²) in [5.74, 6) is 0.708. The molecule has 0 aliphatic heterocycles. The van der Waals surface area contributed by atoms with Crippen LogP contribution in [0.1, 0.15) is 19.3 Å². The van der Waals surface area contributed by atoms with Crippen molar-refractivity contribution in [1.29, 1.82) is 0 Å². The molecule has 2 aromatic rings. The number of hydrogen-bond acceptors (Lipinski definition) is 2. The maximum Gasteiger partial charge on any atom is 0.0722 e. The zero-order chi connectivity index (χ0) is 12.4. The molecule has 2 atom stereocenters. The fraction of sp³-hybridized carbons (Fsp3) is 0.400. The van der Waals surface area contributed by atoms with Crippen LogP contribution in [0.3, 0.4) is 0 Å². The van der Waals surface area contributed by atoms with Crippen LogP contribution in [0.25, 0.3) is 10.9 Å². The van der Waals surface area contributed by atoms with Gasteiger partial charge in [0.15, 0.2) is 0 Å². The van der Waals surface area contributed by atoms with Gasteiger partial charge in [-0.15, -0.1) is 11.6 Å². The Morgan fingerprint density at radius 3 is 2.94 bits per heavy atom. The first kappa shape index (κ1) is 11.8. The lowest BCUT2D eigenvalue weighted by Gasteiger charge is -2.13. The van der Waals surface area contributed by atoms with Crippen molar-refractivity contribution < 1.29 is 0 Å². The van der Waals surface area contributed by atoms with Gasteiger partial charge in [-0.3, -0.25) is 4.98 Å². The molecule has 2 nitrogen and oxygen atoms in total. The van der Waals surface area contributed by atoms with Crippen LogP contribution in [0.2, 0.25) is 0 Å². The van der Waals surface area contributed by atoms with E-state index < -0.39 is 0 Å². The van der Waals surface area contributed by atoms with Crippen molar-refractivity contribution in [2.45, 2.75) is 24.6 Å². The Balaban J connectivity index is 1.74. The Labute approximate surface area is 112 Å². The number of hydrogen-bond donors (Lipinski definition) is 1. The van der Waals surface area contributed by atoms with E-state index in [0.29, 0.717) is 11.3 Å². The van der Waals surface area contributed by atoms with Gasteiger partial charge >= 0.3 is 0 Å². The fourth-order valence-electron chi connectivity index (χ4n) is 2.70. The maximum absolute atomic E-state index is 6.15. The van der Waals surface area contributed by atoms with Gasteiger partial charge in [-0.2, -0.15) is 0 Å². The van der Waals surface area contributed by atoms with Crippen LogP contribution in [-0.2, 0) is 0 Å². The van der Waals surface area contributed by atoms with Crippen molar-refractivity contribution >= 4 is 28.2 Å². The van der Waals surface area contributed by atoms with E-state index >= 15 is 0 Å². The number of rotatable bonds is 3. The van der Waals surface area contributed by atoms with Crippen molar-refractivity contribution in [1.82, 2.24) is 4.98 Å². The van der Waals surface area contributed by atoms with Crippen LogP contribution in [0, 0.1) is 5.92 Å². The molecular formula is C15H17ClN2. The second-order valence-electron chi connectivity index (χ2n) is 5.03. The molecule has 0 bridgehead atoms. The van der Waals surface area contributed by atoms with Gasteiger partial charge in [0.2, 0.25) is 0 Å². The van der Waals surface area contributed by atoms with E-state index in [1.54, 1.807) is 0 Å². The Kier molecular flexibility index (Phi) is 3.37. The Morgan fingerprint density at radius 1 is 1.22 bits per heavy atom. The molecular weight excluding hydrogens is 244 g/mol. The van der Waals surface area contributed by atoms with Crippen LogP contribution < -0.4 is 5.32 Å². The zero-order valence-electron chi connectivity index (χ0n) is 10.3. The minimum atomic E-state index is 0.381. The molecule has 0 saturated heterocycles. The number of benzene rings is 1. The molecule has 1 N–H and O–H groups in total. The second kappa shape index (κ2) is 5.15. The summed E-state index contributed by atoms with van der Waals surface area (Å²) >= 11 is 6.15. The van der Waals surface area contributed by atoms with E-state index in [2.05, 4.69) is 28.5 Å². The van der Waals surface area contributed by atoms with Gasteiger partial charge in [0.05, 0.1) is 5.52 Å². The Bertz CT molecular complexity index is 536. The number of aromatic nitrogens is 1. The molecule has 1 aromatic carbocycles. The summed E-state index contributed by atoms with van der Waals surface area (Å²) in [6, 6.07) is 10.3. The first-order valence-electron chi connectivity index (χ1n) is 6.54. The fourth-order valence-corrected chi connectivity index (χ4v) is 3.08. The third-order valence-corrected chi connectivity index (χ3v) is 4.10. The van der Waals surface area contributed by atoms with E-state index in [4.69, 9.17) is 11.6 Å². The molecule has 1 fully saturated rings. The minimum Gasteiger partial charge on any atom is -0.384 e. The van der Waals surface area contributed by atoms with Crippen LogP contribution in [0.15, 0.2) is 36.5 Å². The molecule has 1 aromatic heterocycles. The van der Waals surface area contributed by atoms with Crippen LogP contribution >= 0.6 is 11.6 Å². The average Bonchev–Trinajstić information content (AvgIpc) is 2.82. The van der Waals surface area contributed by atoms with Gasteiger partial charge in [-0.05, 0) is 37.3 Å². The van der Waals surface area contributed by atoms with Crippen molar-refractivity contribution in [3.05, 3.63) is 36.5 Å². The Morgan fingerprint density at radius 2 is 2.11 bits per heavy atom. The predicted octanol–water partition coefficient (Wildman–Crippen LogP) is 4.05. The summed E-state index contributed by atoms with van der Waals surface area (Å²) < 4.78 is 0. The number of para-hydroxylation sites is 1. The van der Waals surface area contributed by atoms with Crippen molar-refractivity contribution in [3.8, 4) is 0 Å². The average molecular weight is 261 g/mol. The van der Waals surface area contributed by atoms with E-state index in [0.717, 1.165) is 24.9 Å². The number of anilines is 1. The summed E-state index contributed by atoms with van der Waals surface area (Å²) in [7, 11) is 0. The number of fused-ring (bicyclic) bond motifs is 1. The SMILES string of the molecule is ClC1CCC(CNc2ccnc3ccccc23)C1. The van der Waals surface area contributed by atoms with E-state index in [1.807, 2.05) is 18.3 Å². The van der Waals surface area contributed by atoms with Crippen LogP contribution in [0.5, 0.6) is 0 Å². The molecule has 1 aliphatic rings. The Hall–Kier alpha value is -1.28. The molecule has 0 spiro atoms. The lowest BCUT2D eigenvalue weighted by atomic mass is 10.1. The summed E-state index contributed by atoms with van der Waals surface area (Å²) in [6.07, 6.45) is 5.40. The first-order valence-corrected chi connectivity index (χ1v) is 6.98. The monoisotopic (exact) mass is 260 g/mol. The molecule has 0 radical (unpaired) electrons. The summed E-state index contributed by atoms with van der Waals surface area (Å²) in [6.45, 7) is 1.01. The second-order valence-corrected chi connectivity index (χ2v) is 5.65. The standard InChI is InChI=1S/C15H17ClN2/c16-12-6-5-11(9-12)10-18-15-7-8-17-14-4-2-1-3-13(14)15/h1-4,7-8,11-12H,5-6,9-10H2,(H,17,18). The number of nitrogens with zero attached hydrogens (tertiary/aromatic N) is 1. The largest absolute Gasteiger partial charge is 0.384 e. The molecule has 18 heavy (non-hydrogen) atoms. The van der Waals surface area contributed by atoms with Gasteiger partial charge in [0.25, 0.3) is 0 Å². The molecule has 3 rings (SSSR count). The van der Waals surface area contributed by atoms with E-state index in [1.165, 1.54) is 17.5 Å². The van der Waals surface area contributed by atoms with Crippen molar-refractivity contribution in [2.75, 3.05) is 11.9 Å². The smallest absolute Gasteiger partial charge is 0.0722 e. The summed E-state index contributed by atoms with van der Waals surface area (Å²) in [5, 5.41) is 5.13. The maximum atomic E-state index is 6.15. The zero-order valence-corrected chi connectivity index (χ0v) is 11.0. The predicted molar refractivity (Wildman–Crippen MR) is 77.2 cm³/mol. The highest BCUT2D eigenvalue weighted by atomic mass is 35.5. The number of halogens is 1. The highest BCUT2D eigenvalue weighted by Crippen LogP contribution is 2.30.